The molecule has 138 valence electrons. The lowest BCUT2D eigenvalue weighted by Gasteiger charge is -2.32. The lowest BCUT2D eigenvalue weighted by molar-refractivity contribution is 0.0413. The Balaban J connectivity index is 1.95. The molecule has 1 fully saturated rings. The molecular formula is C18H22N4O3S. The molecule has 2 aliphatic rings. The highest BCUT2D eigenvalue weighted by Crippen LogP contribution is 2.43. The van der Waals surface area contributed by atoms with Crippen LogP contribution in [0.25, 0.3) is 10.2 Å². The van der Waals surface area contributed by atoms with Crippen molar-refractivity contribution < 1.29 is 14.3 Å². The van der Waals surface area contributed by atoms with Crippen molar-refractivity contribution in [3.05, 3.63) is 16.0 Å². The molecular weight excluding hydrogens is 352 g/mol. The summed E-state index contributed by atoms with van der Waals surface area (Å²) < 4.78 is 11.4. The molecule has 26 heavy (non-hydrogen) atoms. The van der Waals surface area contributed by atoms with E-state index in [2.05, 4.69) is 22.1 Å². The summed E-state index contributed by atoms with van der Waals surface area (Å²) in [6.07, 6.45) is 3.41. The highest BCUT2D eigenvalue weighted by molar-refractivity contribution is 7.20. The summed E-state index contributed by atoms with van der Waals surface area (Å²) in [6, 6.07) is 0. The maximum absolute atomic E-state index is 11.6. The molecule has 2 aromatic rings. The van der Waals surface area contributed by atoms with Gasteiger partial charge in [0.25, 0.3) is 0 Å². The van der Waals surface area contributed by atoms with Crippen LogP contribution in [0.2, 0.25) is 0 Å². The van der Waals surface area contributed by atoms with Crippen molar-refractivity contribution in [2.45, 2.75) is 26.1 Å². The van der Waals surface area contributed by atoms with Gasteiger partial charge in [0.1, 0.15) is 10.6 Å². The van der Waals surface area contributed by atoms with Gasteiger partial charge in [-0.3, -0.25) is 4.79 Å². The van der Waals surface area contributed by atoms with Gasteiger partial charge in [-0.15, -0.1) is 11.3 Å². The van der Waals surface area contributed by atoms with E-state index < -0.39 is 0 Å². The average Bonchev–Trinajstić information content (AvgIpc) is 3.04. The molecule has 0 aromatic carbocycles. The summed E-state index contributed by atoms with van der Waals surface area (Å²) in [6.45, 7) is 5.65. The van der Waals surface area contributed by atoms with E-state index in [4.69, 9.17) is 14.5 Å². The minimum absolute atomic E-state index is 0.131. The quantitative estimate of drug-likeness (QED) is 0.503. The number of pyridine rings is 1. The second kappa shape index (κ2) is 7.30. The highest BCUT2D eigenvalue weighted by Gasteiger charge is 2.29. The molecule has 1 N–H and O–H groups in total. The smallest absolute Gasteiger partial charge is 0.162 e. The predicted octanol–water partition coefficient (Wildman–Crippen LogP) is 2.29. The van der Waals surface area contributed by atoms with E-state index in [9.17, 15) is 4.79 Å². The Morgan fingerprint density at radius 3 is 2.88 bits per heavy atom. The summed E-state index contributed by atoms with van der Waals surface area (Å²) in [7, 11) is 1.79. The number of anilines is 1. The van der Waals surface area contributed by atoms with Crippen LogP contribution in [-0.2, 0) is 22.5 Å². The molecule has 0 saturated carbocycles. The largest absolute Gasteiger partial charge is 0.379 e. The van der Waals surface area contributed by atoms with Crippen LogP contribution < -0.4 is 10.2 Å². The topological polar surface area (TPSA) is 76.1 Å². The van der Waals surface area contributed by atoms with E-state index in [-0.39, 0.29) is 6.10 Å². The van der Waals surface area contributed by atoms with E-state index in [0.29, 0.717) is 30.4 Å². The third-order valence-electron chi connectivity index (χ3n) is 4.78. The first-order chi connectivity index (χ1) is 12.7. The number of hydrogen-bond donors (Lipinski definition) is 1. The average molecular weight is 374 g/mol. The van der Waals surface area contributed by atoms with Crippen molar-refractivity contribution in [1.82, 2.24) is 10.3 Å². The number of aliphatic imine (C=N–C) groups is 1. The van der Waals surface area contributed by atoms with Gasteiger partial charge in [0.05, 0.1) is 42.8 Å². The van der Waals surface area contributed by atoms with Gasteiger partial charge in [0, 0.05) is 31.1 Å². The number of carbonyl (C=O) groups excluding carboxylic acids is 1. The summed E-state index contributed by atoms with van der Waals surface area (Å²) in [5, 5.41) is 3.90. The van der Waals surface area contributed by atoms with E-state index >= 15 is 0 Å². The Morgan fingerprint density at radius 1 is 1.35 bits per heavy atom. The van der Waals surface area contributed by atoms with Crippen LogP contribution in [0.1, 0.15) is 27.7 Å². The normalized spacial score (nSPS) is 20.5. The van der Waals surface area contributed by atoms with Crippen molar-refractivity contribution >= 4 is 45.7 Å². The first-order valence-electron chi connectivity index (χ1n) is 8.80. The zero-order valence-electron chi connectivity index (χ0n) is 14.9. The Bertz CT molecular complexity index is 858. The fourth-order valence-corrected chi connectivity index (χ4v) is 4.51. The number of nitrogens with one attached hydrogen (secondary N) is 1. The summed E-state index contributed by atoms with van der Waals surface area (Å²) in [5.41, 5.74) is 3.04. The van der Waals surface area contributed by atoms with Gasteiger partial charge < -0.3 is 19.7 Å². The molecule has 8 heteroatoms. The van der Waals surface area contributed by atoms with Gasteiger partial charge in [0.2, 0.25) is 0 Å². The molecule has 0 radical (unpaired) electrons. The van der Waals surface area contributed by atoms with Crippen molar-refractivity contribution in [2.24, 2.45) is 4.99 Å². The molecule has 4 heterocycles. The molecule has 0 bridgehead atoms. The van der Waals surface area contributed by atoms with Gasteiger partial charge >= 0.3 is 0 Å². The number of nitrogens with zero attached hydrogens (tertiary/aromatic N) is 3. The Morgan fingerprint density at radius 2 is 2.15 bits per heavy atom. The number of aromatic nitrogens is 1. The van der Waals surface area contributed by atoms with Gasteiger partial charge in [0.15, 0.2) is 6.29 Å². The van der Waals surface area contributed by atoms with Crippen molar-refractivity contribution in [2.75, 3.05) is 38.3 Å². The maximum Gasteiger partial charge on any atom is 0.162 e. The number of hydrogen-bond acceptors (Lipinski definition) is 7. The first kappa shape index (κ1) is 17.4. The molecule has 2 aliphatic heterocycles. The number of thiophene rings is 1. The summed E-state index contributed by atoms with van der Waals surface area (Å²) >= 11 is 1.41. The molecule has 7 nitrogen and oxygen atoms in total. The molecule has 2 aromatic heterocycles. The van der Waals surface area contributed by atoms with E-state index in [1.54, 1.807) is 13.4 Å². The number of rotatable bonds is 4. The minimum Gasteiger partial charge on any atom is -0.379 e. The number of fused-ring (bicyclic) bond motifs is 3. The summed E-state index contributed by atoms with van der Waals surface area (Å²) in [4.78, 5) is 24.8. The van der Waals surface area contributed by atoms with Crippen LogP contribution in [0, 0.1) is 0 Å². The highest BCUT2D eigenvalue weighted by atomic mass is 32.1. The molecule has 1 atom stereocenters. The fraction of sp³-hybridized carbons (Fsp3) is 0.500. The predicted molar refractivity (Wildman–Crippen MR) is 103 cm³/mol. The minimum atomic E-state index is 0.131. The zero-order valence-corrected chi connectivity index (χ0v) is 15.8. The molecule has 1 saturated heterocycles. The lowest BCUT2D eigenvalue weighted by Crippen LogP contribution is -2.38. The lowest BCUT2D eigenvalue weighted by atomic mass is 9.96. The third-order valence-corrected chi connectivity index (χ3v) is 5.78. The monoisotopic (exact) mass is 374 g/mol. The van der Waals surface area contributed by atoms with Gasteiger partial charge in [-0.1, -0.05) is 0 Å². The first-order valence-corrected chi connectivity index (χ1v) is 9.62. The van der Waals surface area contributed by atoms with Crippen LogP contribution in [0.3, 0.4) is 0 Å². The number of aldehydes is 1. The number of carbonyl (C=O) groups is 1. The number of ether oxygens (including phenoxy) is 2. The SMILES string of the molecule is CN/C=N\c1c(C=O)sc2nc(N3CCOCC3)c3c(c12)CC(C)OC3. The molecule has 4 rings (SSSR count). The molecule has 0 aliphatic carbocycles. The standard InChI is InChI=1S/C18H22N4O3S/c1-11-7-12-13(9-25-11)17(22-3-5-24-6-4-22)21-18-15(12)16(20-10-19-2)14(8-23)26-18/h8,10-11H,3-7,9H2,1-2H3,(H,19,20). The molecule has 0 amide bonds. The fourth-order valence-electron chi connectivity index (χ4n) is 3.55. The molecule has 1 unspecified atom stereocenters. The molecule has 0 spiro atoms. The number of morpholine rings is 1. The zero-order chi connectivity index (χ0) is 18.1. The Labute approximate surface area is 156 Å². The van der Waals surface area contributed by atoms with Gasteiger partial charge in [-0.25, -0.2) is 9.98 Å². The van der Waals surface area contributed by atoms with Crippen LogP contribution in [0.4, 0.5) is 11.5 Å². The Hall–Kier alpha value is -2.03. The van der Waals surface area contributed by atoms with Gasteiger partial charge in [-0.05, 0) is 18.9 Å². The van der Waals surface area contributed by atoms with Crippen molar-refractivity contribution in [1.29, 1.82) is 0 Å². The van der Waals surface area contributed by atoms with Crippen LogP contribution in [-0.4, -0.2) is 57.1 Å². The Kier molecular flexibility index (Phi) is 4.88. The van der Waals surface area contributed by atoms with Gasteiger partial charge in [-0.2, -0.15) is 0 Å². The second-order valence-corrected chi connectivity index (χ2v) is 7.51. The van der Waals surface area contributed by atoms with Crippen molar-refractivity contribution in [3.8, 4) is 0 Å². The van der Waals surface area contributed by atoms with E-state index in [0.717, 1.165) is 47.4 Å². The van der Waals surface area contributed by atoms with Crippen molar-refractivity contribution in [3.63, 3.8) is 0 Å². The van der Waals surface area contributed by atoms with E-state index in [1.165, 1.54) is 16.9 Å². The summed E-state index contributed by atoms with van der Waals surface area (Å²) in [5.74, 6) is 0.963. The maximum atomic E-state index is 11.6. The van der Waals surface area contributed by atoms with Crippen LogP contribution in [0.15, 0.2) is 4.99 Å². The van der Waals surface area contributed by atoms with Crippen LogP contribution >= 0.6 is 11.3 Å². The van der Waals surface area contributed by atoms with Crippen LogP contribution in [0.5, 0.6) is 0 Å². The third kappa shape index (κ3) is 2.98. The van der Waals surface area contributed by atoms with E-state index in [1.807, 2.05) is 0 Å². The second-order valence-electron chi connectivity index (χ2n) is 6.48.